The van der Waals surface area contributed by atoms with E-state index in [2.05, 4.69) is 16.5 Å². The van der Waals surface area contributed by atoms with E-state index in [0.717, 1.165) is 35.0 Å². The summed E-state index contributed by atoms with van der Waals surface area (Å²) in [6.07, 6.45) is 4.79. The molecule has 0 unspecified atom stereocenters. The van der Waals surface area contributed by atoms with Crippen molar-refractivity contribution in [3.63, 3.8) is 0 Å². The summed E-state index contributed by atoms with van der Waals surface area (Å²) >= 11 is 0. The van der Waals surface area contributed by atoms with Crippen LogP contribution in [0.4, 0.5) is 5.82 Å². The van der Waals surface area contributed by atoms with Crippen LogP contribution in [-0.2, 0) is 17.6 Å². The summed E-state index contributed by atoms with van der Waals surface area (Å²) in [6, 6.07) is 17.7. The highest BCUT2D eigenvalue weighted by molar-refractivity contribution is 6.00. The van der Waals surface area contributed by atoms with Gasteiger partial charge in [0.15, 0.2) is 11.6 Å². The Bertz CT molecular complexity index is 1400. The van der Waals surface area contributed by atoms with E-state index in [0.29, 0.717) is 17.2 Å². The minimum atomic E-state index is -0.218. The van der Waals surface area contributed by atoms with Gasteiger partial charge in [-0.15, -0.1) is 0 Å². The number of carbonyl (C=O) groups is 2. The monoisotopic (exact) mass is 452 g/mol. The first-order valence-electron chi connectivity index (χ1n) is 11.9. The van der Waals surface area contributed by atoms with Crippen molar-refractivity contribution in [1.29, 1.82) is 0 Å². The molecule has 0 saturated carbocycles. The molecule has 2 aromatic heterocycles. The highest BCUT2D eigenvalue weighted by atomic mass is 16.2. The van der Waals surface area contributed by atoms with Crippen LogP contribution in [0.1, 0.15) is 58.4 Å². The molecule has 0 saturated heterocycles. The first-order valence-corrected chi connectivity index (χ1v) is 11.9. The van der Waals surface area contributed by atoms with E-state index in [1.165, 1.54) is 24.0 Å². The van der Waals surface area contributed by atoms with Crippen LogP contribution in [0.25, 0.3) is 16.7 Å². The molecule has 6 nitrogen and oxygen atoms in total. The number of rotatable bonds is 6. The zero-order valence-electron chi connectivity index (χ0n) is 19.6. The second-order valence-electron chi connectivity index (χ2n) is 9.06. The number of benzene rings is 2. The van der Waals surface area contributed by atoms with Gasteiger partial charge < -0.3 is 5.32 Å². The van der Waals surface area contributed by atoms with E-state index in [4.69, 9.17) is 4.98 Å². The van der Waals surface area contributed by atoms with Crippen molar-refractivity contribution in [1.82, 2.24) is 14.8 Å². The third kappa shape index (κ3) is 4.49. The number of amides is 1. The summed E-state index contributed by atoms with van der Waals surface area (Å²) in [5.74, 6) is 0.973. The third-order valence-corrected chi connectivity index (χ3v) is 6.48. The van der Waals surface area contributed by atoms with Crippen molar-refractivity contribution in [2.75, 3.05) is 5.32 Å². The number of aryl methyl sites for hydroxylation is 4. The van der Waals surface area contributed by atoms with Crippen molar-refractivity contribution < 1.29 is 9.59 Å². The van der Waals surface area contributed by atoms with Gasteiger partial charge in [0.05, 0.1) is 11.2 Å². The molecule has 2 heterocycles. The molecular formula is C28H28N4O2. The van der Waals surface area contributed by atoms with Gasteiger partial charge >= 0.3 is 0 Å². The number of ketones is 1. The summed E-state index contributed by atoms with van der Waals surface area (Å²) < 4.78 is 1.65. The molecule has 34 heavy (non-hydrogen) atoms. The van der Waals surface area contributed by atoms with E-state index in [9.17, 15) is 9.59 Å². The second kappa shape index (κ2) is 9.21. The van der Waals surface area contributed by atoms with Gasteiger partial charge in [0.2, 0.25) is 5.91 Å². The van der Waals surface area contributed by atoms with Gasteiger partial charge in [-0.3, -0.25) is 9.59 Å². The maximum absolute atomic E-state index is 12.7. The van der Waals surface area contributed by atoms with Gasteiger partial charge in [-0.25, -0.2) is 4.98 Å². The van der Waals surface area contributed by atoms with E-state index in [-0.39, 0.29) is 24.5 Å². The molecule has 0 atom stereocenters. The Morgan fingerprint density at radius 1 is 0.941 bits per heavy atom. The van der Waals surface area contributed by atoms with E-state index in [1.54, 1.807) is 4.68 Å². The van der Waals surface area contributed by atoms with Gasteiger partial charge in [-0.2, -0.15) is 9.78 Å². The van der Waals surface area contributed by atoms with Gasteiger partial charge in [-0.1, -0.05) is 30.3 Å². The Morgan fingerprint density at radius 2 is 1.74 bits per heavy atom. The first-order chi connectivity index (χ1) is 16.5. The molecule has 0 bridgehead atoms. The normalized spacial score (nSPS) is 13.0. The van der Waals surface area contributed by atoms with Crippen LogP contribution < -0.4 is 5.32 Å². The van der Waals surface area contributed by atoms with Crippen molar-refractivity contribution in [3.8, 4) is 5.82 Å². The molecule has 6 heteroatoms. The summed E-state index contributed by atoms with van der Waals surface area (Å²) in [5.41, 5.74) is 6.05. The lowest BCUT2D eigenvalue weighted by Crippen LogP contribution is -2.17. The lowest BCUT2D eigenvalue weighted by Gasteiger charge is -2.16. The Morgan fingerprint density at radius 3 is 2.59 bits per heavy atom. The van der Waals surface area contributed by atoms with Crippen molar-refractivity contribution in [2.45, 2.75) is 52.4 Å². The van der Waals surface area contributed by atoms with Crippen LogP contribution in [-0.4, -0.2) is 26.5 Å². The van der Waals surface area contributed by atoms with Crippen molar-refractivity contribution >= 4 is 28.4 Å². The lowest BCUT2D eigenvalue weighted by molar-refractivity contribution is -0.116. The standard InChI is InChI=1S/C28H28N4O2/c1-18-15-26(29-24-10-6-5-9-23(18)24)32-27(16-19(2)31-32)30-28(34)14-13-25(33)22-12-11-20-7-3-4-8-21(20)17-22/h5-6,9-12,15-17H,3-4,7-8,13-14H2,1-2H3,(H,30,34). The highest BCUT2D eigenvalue weighted by Gasteiger charge is 2.16. The van der Waals surface area contributed by atoms with Gasteiger partial charge in [0.1, 0.15) is 5.82 Å². The largest absolute Gasteiger partial charge is 0.311 e. The Kier molecular flexibility index (Phi) is 5.97. The van der Waals surface area contributed by atoms with Gasteiger partial charge in [0.25, 0.3) is 0 Å². The Hall–Kier alpha value is -3.80. The molecule has 1 amide bonds. The molecule has 0 radical (unpaired) electrons. The fourth-order valence-corrected chi connectivity index (χ4v) is 4.69. The Labute approximate surface area is 199 Å². The fraction of sp³-hybridized carbons (Fsp3) is 0.286. The number of fused-ring (bicyclic) bond motifs is 2. The maximum atomic E-state index is 12.7. The van der Waals surface area contributed by atoms with Crippen LogP contribution in [0.15, 0.2) is 54.6 Å². The number of pyridine rings is 1. The molecule has 0 fully saturated rings. The van der Waals surface area contributed by atoms with E-state index >= 15 is 0 Å². The Balaban J connectivity index is 1.29. The number of nitrogens with one attached hydrogen (secondary N) is 1. The van der Waals surface area contributed by atoms with E-state index in [1.807, 2.05) is 62.4 Å². The number of Topliss-reactive ketones (excluding diaryl/α,β-unsaturated/α-hetero) is 1. The van der Waals surface area contributed by atoms with Crippen LogP contribution in [0.2, 0.25) is 0 Å². The summed E-state index contributed by atoms with van der Waals surface area (Å²) in [7, 11) is 0. The van der Waals surface area contributed by atoms with Crippen molar-refractivity contribution in [2.24, 2.45) is 0 Å². The molecule has 172 valence electrons. The zero-order valence-corrected chi connectivity index (χ0v) is 19.6. The van der Waals surface area contributed by atoms with Gasteiger partial charge in [0, 0.05) is 29.9 Å². The van der Waals surface area contributed by atoms with Crippen LogP contribution in [0, 0.1) is 13.8 Å². The molecular weight excluding hydrogens is 424 g/mol. The summed E-state index contributed by atoms with van der Waals surface area (Å²) in [5, 5.41) is 8.55. The maximum Gasteiger partial charge on any atom is 0.225 e. The highest BCUT2D eigenvalue weighted by Crippen LogP contribution is 2.24. The molecule has 0 aliphatic heterocycles. The van der Waals surface area contributed by atoms with E-state index < -0.39 is 0 Å². The summed E-state index contributed by atoms with van der Waals surface area (Å²) in [4.78, 5) is 30.2. The predicted octanol–water partition coefficient (Wildman–Crippen LogP) is 5.52. The minimum Gasteiger partial charge on any atom is -0.311 e. The summed E-state index contributed by atoms with van der Waals surface area (Å²) in [6.45, 7) is 3.91. The molecule has 1 aliphatic rings. The fourth-order valence-electron chi connectivity index (χ4n) is 4.69. The van der Waals surface area contributed by atoms with Crippen LogP contribution in [0.5, 0.6) is 0 Å². The minimum absolute atomic E-state index is 0.0000299. The average Bonchev–Trinajstić information content (AvgIpc) is 3.22. The first kappa shape index (κ1) is 22.0. The zero-order chi connectivity index (χ0) is 23.7. The van der Waals surface area contributed by atoms with Crippen molar-refractivity contribution in [3.05, 3.63) is 82.5 Å². The molecule has 1 N–H and O–H groups in total. The average molecular weight is 453 g/mol. The molecule has 2 aromatic carbocycles. The number of hydrogen-bond acceptors (Lipinski definition) is 4. The third-order valence-electron chi connectivity index (χ3n) is 6.48. The van der Waals surface area contributed by atoms with Crippen LogP contribution >= 0.6 is 0 Å². The second-order valence-corrected chi connectivity index (χ2v) is 9.06. The number of anilines is 1. The smallest absolute Gasteiger partial charge is 0.225 e. The molecule has 0 spiro atoms. The molecule has 1 aliphatic carbocycles. The topological polar surface area (TPSA) is 76.9 Å². The number of hydrogen-bond donors (Lipinski definition) is 1. The SMILES string of the molecule is Cc1cc(NC(=O)CCC(=O)c2ccc3c(c2)CCCC3)n(-c2cc(C)c3ccccc3n2)n1. The number of aromatic nitrogens is 3. The number of carbonyl (C=O) groups excluding carboxylic acids is 2. The number of nitrogens with zero attached hydrogens (tertiary/aromatic N) is 3. The van der Waals surface area contributed by atoms with Gasteiger partial charge in [-0.05, 0) is 74.4 Å². The lowest BCUT2D eigenvalue weighted by atomic mass is 9.89. The predicted molar refractivity (Wildman–Crippen MR) is 134 cm³/mol. The molecule has 4 aromatic rings. The molecule has 5 rings (SSSR count). The quantitative estimate of drug-likeness (QED) is 0.391. The number of para-hydroxylation sites is 1. The van der Waals surface area contributed by atoms with Crippen LogP contribution in [0.3, 0.4) is 0 Å².